The maximum atomic E-state index is 2.48. The third-order valence-corrected chi connectivity index (χ3v) is 5.19. The molecule has 0 radical (unpaired) electrons. The van der Waals surface area contributed by atoms with Gasteiger partial charge in [0.2, 0.25) is 0 Å². The SMILES string of the molecule is CC1CCN(C)CCC1[SH](C)C. The molecule has 1 fully saturated rings. The highest BCUT2D eigenvalue weighted by Gasteiger charge is 2.22. The van der Waals surface area contributed by atoms with Crippen molar-refractivity contribution in [2.24, 2.45) is 5.92 Å². The third-order valence-electron chi connectivity index (χ3n) is 3.09. The summed E-state index contributed by atoms with van der Waals surface area (Å²) in [5, 5.41) is 1.02. The monoisotopic (exact) mass is 189 g/mol. The lowest BCUT2D eigenvalue weighted by Gasteiger charge is -2.27. The van der Waals surface area contributed by atoms with Crippen molar-refractivity contribution in [1.29, 1.82) is 0 Å². The fourth-order valence-corrected chi connectivity index (χ4v) is 3.93. The summed E-state index contributed by atoms with van der Waals surface area (Å²) in [4.78, 5) is 2.48. The van der Waals surface area contributed by atoms with E-state index in [-0.39, 0.29) is 10.9 Å². The summed E-state index contributed by atoms with van der Waals surface area (Å²) in [7, 11) is 2.53. The van der Waals surface area contributed by atoms with Crippen LogP contribution in [0.15, 0.2) is 0 Å². The van der Waals surface area contributed by atoms with Gasteiger partial charge in [-0.25, -0.2) is 0 Å². The molecule has 1 nitrogen and oxygen atoms in total. The van der Waals surface area contributed by atoms with Crippen LogP contribution < -0.4 is 0 Å². The summed E-state index contributed by atoms with van der Waals surface area (Å²) in [6, 6.07) is 0. The van der Waals surface area contributed by atoms with E-state index >= 15 is 0 Å². The second-order valence-corrected chi connectivity index (χ2v) is 6.98. The van der Waals surface area contributed by atoms with E-state index in [2.05, 4.69) is 31.4 Å². The Bertz CT molecular complexity index is 136. The molecule has 0 N–H and O–H groups in total. The Morgan fingerprint density at radius 1 is 1.17 bits per heavy atom. The first-order valence-electron chi connectivity index (χ1n) is 4.96. The average Bonchev–Trinajstić information content (AvgIpc) is 2.14. The quantitative estimate of drug-likeness (QED) is 0.617. The van der Waals surface area contributed by atoms with E-state index < -0.39 is 0 Å². The molecule has 1 rings (SSSR count). The van der Waals surface area contributed by atoms with Crippen LogP contribution in [0.1, 0.15) is 19.8 Å². The number of rotatable bonds is 1. The lowest BCUT2D eigenvalue weighted by Crippen LogP contribution is -2.19. The largest absolute Gasteiger partial charge is 0.306 e. The molecule has 2 unspecified atom stereocenters. The molecule has 0 aromatic heterocycles. The second kappa shape index (κ2) is 4.52. The molecule has 0 amide bonds. The molecule has 0 aliphatic carbocycles. The Balaban J connectivity index is 2.50. The maximum absolute atomic E-state index is 2.48. The average molecular weight is 189 g/mol. The van der Waals surface area contributed by atoms with Gasteiger partial charge in [0, 0.05) is 0 Å². The minimum atomic E-state index is 0.279. The van der Waals surface area contributed by atoms with Gasteiger partial charge in [-0.15, -0.1) is 0 Å². The molecule has 0 bridgehead atoms. The van der Waals surface area contributed by atoms with E-state index in [4.69, 9.17) is 0 Å². The summed E-state index contributed by atoms with van der Waals surface area (Å²) in [5.41, 5.74) is 0. The molecule has 1 aliphatic heterocycles. The molecule has 0 aromatic rings. The van der Waals surface area contributed by atoms with Gasteiger partial charge in [-0.2, -0.15) is 0 Å². The van der Waals surface area contributed by atoms with E-state index in [9.17, 15) is 0 Å². The van der Waals surface area contributed by atoms with Gasteiger partial charge in [0.05, 0.1) is 0 Å². The van der Waals surface area contributed by atoms with Gasteiger partial charge in [0.15, 0.2) is 0 Å². The van der Waals surface area contributed by atoms with Crippen LogP contribution in [-0.2, 0) is 0 Å². The number of hydrogen-bond acceptors (Lipinski definition) is 1. The molecule has 12 heavy (non-hydrogen) atoms. The number of nitrogens with zero attached hydrogens (tertiary/aromatic N) is 1. The lowest BCUT2D eigenvalue weighted by atomic mass is 10.0. The maximum Gasteiger partial charge on any atom is -0.00118 e. The van der Waals surface area contributed by atoms with Crippen LogP contribution in [-0.4, -0.2) is 42.8 Å². The van der Waals surface area contributed by atoms with Gasteiger partial charge in [-0.3, -0.25) is 10.9 Å². The van der Waals surface area contributed by atoms with Crippen molar-refractivity contribution in [2.75, 3.05) is 32.6 Å². The Morgan fingerprint density at radius 3 is 2.33 bits per heavy atom. The highest BCUT2D eigenvalue weighted by molar-refractivity contribution is 8.16. The standard InChI is InChI=1S/C10H23NS/c1-9-5-7-11(2)8-6-10(9)12(3)4/h9-10,12H,5-8H2,1-4H3. The Kier molecular flexibility index (Phi) is 3.91. The molecule has 0 aromatic carbocycles. The van der Waals surface area contributed by atoms with Crippen molar-refractivity contribution in [3.05, 3.63) is 0 Å². The predicted octanol–water partition coefficient (Wildman–Crippen LogP) is 1.98. The van der Waals surface area contributed by atoms with Crippen LogP contribution in [0.3, 0.4) is 0 Å². The van der Waals surface area contributed by atoms with Crippen LogP contribution in [0, 0.1) is 5.92 Å². The van der Waals surface area contributed by atoms with Crippen molar-refractivity contribution in [1.82, 2.24) is 4.90 Å². The zero-order valence-electron chi connectivity index (χ0n) is 8.88. The number of likely N-dealkylation sites (tertiary alicyclic amines) is 1. The first kappa shape index (κ1) is 10.4. The highest BCUT2D eigenvalue weighted by Crippen LogP contribution is 2.34. The second-order valence-electron chi connectivity index (χ2n) is 4.39. The van der Waals surface area contributed by atoms with Crippen LogP contribution in [0.5, 0.6) is 0 Å². The van der Waals surface area contributed by atoms with Gasteiger partial charge in [0.25, 0.3) is 0 Å². The fraction of sp³-hybridized carbons (Fsp3) is 1.00. The predicted molar refractivity (Wildman–Crippen MR) is 60.5 cm³/mol. The van der Waals surface area contributed by atoms with Crippen molar-refractivity contribution < 1.29 is 0 Å². The third kappa shape index (κ3) is 2.67. The van der Waals surface area contributed by atoms with E-state index in [0.717, 1.165) is 11.2 Å². The van der Waals surface area contributed by atoms with Gasteiger partial charge in [-0.1, -0.05) is 6.92 Å². The fourth-order valence-electron chi connectivity index (χ4n) is 2.13. The van der Waals surface area contributed by atoms with Gasteiger partial charge in [-0.05, 0) is 56.7 Å². The summed E-state index contributed by atoms with van der Waals surface area (Å²) >= 11 is 0. The highest BCUT2D eigenvalue weighted by atomic mass is 32.2. The van der Waals surface area contributed by atoms with Gasteiger partial charge < -0.3 is 4.90 Å². The summed E-state index contributed by atoms with van der Waals surface area (Å²) in [6.45, 7) is 5.06. The van der Waals surface area contributed by atoms with Crippen LogP contribution in [0.2, 0.25) is 0 Å². The number of thiol groups is 1. The topological polar surface area (TPSA) is 3.24 Å². The summed E-state index contributed by atoms with van der Waals surface area (Å²) in [5.74, 6) is 0.955. The first-order valence-corrected chi connectivity index (χ1v) is 7.26. The molecular formula is C10H23NS. The normalized spacial score (nSPS) is 34.5. The van der Waals surface area contributed by atoms with Crippen LogP contribution >= 0.6 is 10.9 Å². The van der Waals surface area contributed by atoms with Gasteiger partial charge >= 0.3 is 0 Å². The Hall–Kier alpha value is 0.310. The molecule has 0 saturated carbocycles. The Labute approximate surface area is 79.9 Å². The van der Waals surface area contributed by atoms with E-state index in [1.807, 2.05) is 0 Å². The molecular weight excluding hydrogens is 166 g/mol. The molecule has 74 valence electrons. The molecule has 0 spiro atoms. The minimum absolute atomic E-state index is 0.279. The minimum Gasteiger partial charge on any atom is -0.306 e. The molecule has 1 saturated heterocycles. The van der Waals surface area contributed by atoms with Crippen LogP contribution in [0.25, 0.3) is 0 Å². The molecule has 2 atom stereocenters. The van der Waals surface area contributed by atoms with E-state index in [1.54, 1.807) is 0 Å². The smallest absolute Gasteiger partial charge is 0.00118 e. The summed E-state index contributed by atoms with van der Waals surface area (Å²) in [6.07, 6.45) is 7.70. The molecule has 1 aliphatic rings. The zero-order valence-corrected chi connectivity index (χ0v) is 9.77. The zero-order chi connectivity index (χ0) is 9.14. The van der Waals surface area contributed by atoms with Crippen molar-refractivity contribution in [2.45, 2.75) is 25.0 Å². The van der Waals surface area contributed by atoms with Gasteiger partial charge in [0.1, 0.15) is 0 Å². The van der Waals surface area contributed by atoms with Crippen molar-refractivity contribution >= 4 is 10.9 Å². The summed E-state index contributed by atoms with van der Waals surface area (Å²) < 4.78 is 0. The molecule has 1 heterocycles. The number of hydrogen-bond donors (Lipinski definition) is 1. The van der Waals surface area contributed by atoms with Crippen molar-refractivity contribution in [3.8, 4) is 0 Å². The molecule has 2 heteroatoms. The van der Waals surface area contributed by atoms with Crippen molar-refractivity contribution in [3.63, 3.8) is 0 Å². The first-order chi connectivity index (χ1) is 5.61. The van der Waals surface area contributed by atoms with Crippen LogP contribution in [0.4, 0.5) is 0 Å². The van der Waals surface area contributed by atoms with E-state index in [0.29, 0.717) is 0 Å². The Morgan fingerprint density at radius 2 is 1.75 bits per heavy atom. The lowest BCUT2D eigenvalue weighted by molar-refractivity contribution is 0.344. The van der Waals surface area contributed by atoms with E-state index in [1.165, 1.54) is 25.9 Å².